The molecule has 1 aliphatic heterocycles. The zero-order valence-corrected chi connectivity index (χ0v) is 21.6. The first kappa shape index (κ1) is 22.3. The Morgan fingerprint density at radius 1 is 1.03 bits per heavy atom. The van der Waals surface area contributed by atoms with E-state index in [1.807, 2.05) is 79.7 Å². The molecule has 0 unspecified atom stereocenters. The van der Waals surface area contributed by atoms with Gasteiger partial charge in [0.15, 0.2) is 0 Å². The molecule has 0 radical (unpaired) electrons. The molecule has 4 nitrogen and oxygen atoms in total. The van der Waals surface area contributed by atoms with Gasteiger partial charge in [0.05, 0.1) is 24.1 Å². The highest BCUT2D eigenvalue weighted by atomic mass is 127. The molecular formula is C24H17ClI2N2O2. The third-order valence-electron chi connectivity index (χ3n) is 4.69. The topological polar surface area (TPSA) is 41.9 Å². The number of anilines is 1. The van der Waals surface area contributed by atoms with Crippen LogP contribution in [-0.2, 0) is 11.4 Å². The molecule has 3 aromatic rings. The maximum atomic E-state index is 12.9. The summed E-state index contributed by atoms with van der Waals surface area (Å²) in [6.45, 7) is 2.31. The lowest BCUT2D eigenvalue weighted by molar-refractivity contribution is -0.114. The summed E-state index contributed by atoms with van der Waals surface area (Å²) in [6.07, 6.45) is 1.89. The van der Waals surface area contributed by atoms with Crippen LogP contribution in [0, 0.1) is 7.14 Å². The lowest BCUT2D eigenvalue weighted by Gasteiger charge is -2.12. The first-order valence-electron chi connectivity index (χ1n) is 9.45. The summed E-state index contributed by atoms with van der Waals surface area (Å²) in [5.74, 6) is 0.698. The van der Waals surface area contributed by atoms with Crippen LogP contribution < -0.4 is 9.75 Å². The van der Waals surface area contributed by atoms with Crippen molar-refractivity contribution >= 4 is 80.2 Å². The Labute approximate surface area is 213 Å². The Morgan fingerprint density at radius 2 is 1.68 bits per heavy atom. The second-order valence-corrected chi connectivity index (χ2v) is 9.69. The molecule has 7 heteroatoms. The predicted octanol–water partition coefficient (Wildman–Crippen LogP) is 6.93. The van der Waals surface area contributed by atoms with Gasteiger partial charge in [0.25, 0.3) is 5.91 Å². The van der Waals surface area contributed by atoms with Crippen LogP contribution in [0.1, 0.15) is 18.1 Å². The largest absolute Gasteiger partial charge is 0.487 e. The number of hydrogen-bond donors (Lipinski definition) is 0. The number of hydrazone groups is 1. The fraction of sp³-hybridized carbons (Fsp3) is 0.0833. The summed E-state index contributed by atoms with van der Waals surface area (Å²) >= 11 is 10.5. The number of amides is 1. The number of carbonyl (C=O) groups is 1. The Hall–Kier alpha value is -1.91. The van der Waals surface area contributed by atoms with Gasteiger partial charge in [-0.1, -0.05) is 41.9 Å². The fourth-order valence-electron chi connectivity index (χ4n) is 3.13. The summed E-state index contributed by atoms with van der Waals surface area (Å²) in [5, 5.41) is 6.59. The smallest absolute Gasteiger partial charge is 0.280 e. The number of halogens is 3. The van der Waals surface area contributed by atoms with Crippen LogP contribution in [0.4, 0.5) is 5.69 Å². The van der Waals surface area contributed by atoms with E-state index in [1.165, 1.54) is 5.01 Å². The maximum absolute atomic E-state index is 12.9. The number of nitrogens with zero attached hydrogens (tertiary/aromatic N) is 2. The van der Waals surface area contributed by atoms with E-state index in [0.717, 1.165) is 29.7 Å². The number of ether oxygens (including phenoxy) is 1. The molecular weight excluding hydrogens is 638 g/mol. The van der Waals surface area contributed by atoms with Crippen molar-refractivity contribution in [1.29, 1.82) is 0 Å². The highest BCUT2D eigenvalue weighted by Gasteiger charge is 2.28. The van der Waals surface area contributed by atoms with E-state index in [0.29, 0.717) is 22.9 Å². The molecule has 0 saturated carbocycles. The number of benzene rings is 3. The van der Waals surface area contributed by atoms with Gasteiger partial charge in [-0.25, -0.2) is 0 Å². The van der Waals surface area contributed by atoms with E-state index in [9.17, 15) is 4.79 Å². The lowest BCUT2D eigenvalue weighted by atomic mass is 10.1. The van der Waals surface area contributed by atoms with E-state index in [4.69, 9.17) is 16.3 Å². The van der Waals surface area contributed by atoms with E-state index in [-0.39, 0.29) is 5.91 Å². The Bertz CT molecular complexity index is 1170. The minimum absolute atomic E-state index is 0.128. The molecule has 0 fully saturated rings. The highest BCUT2D eigenvalue weighted by molar-refractivity contribution is 14.1. The Kier molecular flexibility index (Phi) is 6.98. The molecule has 0 saturated heterocycles. The third-order valence-corrected chi connectivity index (χ3v) is 6.55. The molecule has 0 atom stereocenters. The summed E-state index contributed by atoms with van der Waals surface area (Å²) < 4.78 is 8.01. The van der Waals surface area contributed by atoms with Crippen molar-refractivity contribution in [3.05, 3.63) is 95.6 Å². The standard InChI is InChI=1S/C24H17ClI2N2O2/c1-15-20(24(30)29(28-15)19-5-3-2-4-6-19)11-17-12-21(26)23(22(27)13-17)31-14-16-7-9-18(25)10-8-16/h2-13H,14H2,1H3/b20-11+. The molecule has 0 aliphatic carbocycles. The van der Waals surface area contributed by atoms with Crippen molar-refractivity contribution in [1.82, 2.24) is 0 Å². The van der Waals surface area contributed by atoms with Gasteiger partial charge in [0.2, 0.25) is 0 Å². The van der Waals surface area contributed by atoms with Crippen molar-refractivity contribution in [2.45, 2.75) is 13.5 Å². The quantitative estimate of drug-likeness (QED) is 0.221. The van der Waals surface area contributed by atoms with Crippen LogP contribution in [0.3, 0.4) is 0 Å². The van der Waals surface area contributed by atoms with Crippen LogP contribution in [0.2, 0.25) is 5.02 Å². The van der Waals surface area contributed by atoms with Gasteiger partial charge in [-0.3, -0.25) is 4.79 Å². The van der Waals surface area contributed by atoms with Gasteiger partial charge in [0.1, 0.15) is 12.4 Å². The summed E-state index contributed by atoms with van der Waals surface area (Å²) in [7, 11) is 0. The molecule has 0 aromatic heterocycles. The number of para-hydroxylation sites is 1. The van der Waals surface area contributed by atoms with Crippen molar-refractivity contribution in [2.24, 2.45) is 5.10 Å². The molecule has 0 spiro atoms. The minimum Gasteiger partial charge on any atom is -0.487 e. The number of rotatable bonds is 5. The van der Waals surface area contributed by atoms with Crippen LogP contribution in [0.25, 0.3) is 6.08 Å². The summed E-state index contributed by atoms with van der Waals surface area (Å²) in [5.41, 5.74) is 4.02. The van der Waals surface area contributed by atoms with Crippen LogP contribution >= 0.6 is 56.8 Å². The van der Waals surface area contributed by atoms with E-state index in [2.05, 4.69) is 50.3 Å². The SMILES string of the molecule is CC1=NN(c2ccccc2)C(=O)/C1=C/c1cc(I)c(OCc2ccc(Cl)cc2)c(I)c1. The summed E-state index contributed by atoms with van der Waals surface area (Å²) in [6, 6.07) is 21.1. The molecule has 0 bridgehead atoms. The van der Waals surface area contributed by atoms with Gasteiger partial charge in [-0.2, -0.15) is 10.1 Å². The average molecular weight is 655 g/mol. The molecule has 31 heavy (non-hydrogen) atoms. The second kappa shape index (κ2) is 9.70. The Balaban J connectivity index is 1.55. The van der Waals surface area contributed by atoms with E-state index >= 15 is 0 Å². The molecule has 1 heterocycles. The first-order chi connectivity index (χ1) is 14.9. The van der Waals surface area contributed by atoms with E-state index < -0.39 is 0 Å². The molecule has 156 valence electrons. The molecule has 4 rings (SSSR count). The lowest BCUT2D eigenvalue weighted by Crippen LogP contribution is -2.21. The van der Waals surface area contributed by atoms with Gasteiger partial charge >= 0.3 is 0 Å². The monoisotopic (exact) mass is 654 g/mol. The third kappa shape index (κ3) is 5.12. The zero-order valence-electron chi connectivity index (χ0n) is 16.5. The summed E-state index contributed by atoms with van der Waals surface area (Å²) in [4.78, 5) is 12.9. The normalized spacial score (nSPS) is 14.8. The van der Waals surface area contributed by atoms with Gasteiger partial charge in [0, 0.05) is 5.02 Å². The second-order valence-electron chi connectivity index (χ2n) is 6.92. The maximum Gasteiger partial charge on any atom is 0.280 e. The van der Waals surface area contributed by atoms with Crippen molar-refractivity contribution in [3.8, 4) is 5.75 Å². The van der Waals surface area contributed by atoms with Crippen LogP contribution in [0.15, 0.2) is 77.4 Å². The number of hydrogen-bond acceptors (Lipinski definition) is 3. The predicted molar refractivity (Wildman–Crippen MR) is 143 cm³/mol. The van der Waals surface area contributed by atoms with Crippen LogP contribution in [0.5, 0.6) is 5.75 Å². The molecule has 1 amide bonds. The fourth-order valence-corrected chi connectivity index (χ4v) is 5.39. The first-order valence-corrected chi connectivity index (χ1v) is 12.0. The number of carbonyl (C=O) groups excluding carboxylic acids is 1. The Morgan fingerprint density at radius 3 is 2.32 bits per heavy atom. The van der Waals surface area contributed by atoms with Gasteiger partial charge < -0.3 is 4.74 Å². The van der Waals surface area contributed by atoms with Crippen molar-refractivity contribution in [3.63, 3.8) is 0 Å². The van der Waals surface area contributed by atoms with E-state index in [1.54, 1.807) is 0 Å². The highest BCUT2D eigenvalue weighted by Crippen LogP contribution is 2.32. The molecule has 0 N–H and O–H groups in total. The van der Waals surface area contributed by atoms with Gasteiger partial charge in [-0.15, -0.1) is 0 Å². The van der Waals surface area contributed by atoms with Crippen molar-refractivity contribution in [2.75, 3.05) is 5.01 Å². The van der Waals surface area contributed by atoms with Crippen LogP contribution in [-0.4, -0.2) is 11.6 Å². The molecule has 1 aliphatic rings. The minimum atomic E-state index is -0.128. The zero-order chi connectivity index (χ0) is 22.0. The molecule has 3 aromatic carbocycles. The average Bonchev–Trinajstić information content (AvgIpc) is 3.03. The van der Waals surface area contributed by atoms with Crippen molar-refractivity contribution < 1.29 is 9.53 Å². The van der Waals surface area contributed by atoms with Gasteiger partial charge in [-0.05, 0) is 106 Å².